The number of anilines is 2. The van der Waals surface area contributed by atoms with E-state index < -0.39 is 0 Å². The Kier molecular flexibility index (Phi) is 4.97. The fourth-order valence-electron chi connectivity index (χ4n) is 3.10. The van der Waals surface area contributed by atoms with Gasteiger partial charge in [0, 0.05) is 24.2 Å². The number of carbonyl (C=O) groups is 1. The van der Waals surface area contributed by atoms with Gasteiger partial charge in [-0.15, -0.1) is 11.3 Å². The number of hydrogen-bond acceptors (Lipinski definition) is 6. The van der Waals surface area contributed by atoms with E-state index in [0.717, 1.165) is 47.3 Å². The Hall–Kier alpha value is -3.00. The number of thiazole rings is 1. The SMILES string of the molecule is Cc1ccc(Nc2nc(C3CCCN3C(=O)C=Cc3cnc[nH]3)cs2)nc1. The lowest BCUT2D eigenvalue weighted by Gasteiger charge is -2.21. The minimum Gasteiger partial charge on any atom is -0.345 e. The molecule has 138 valence electrons. The third-order valence-electron chi connectivity index (χ3n) is 4.47. The maximum Gasteiger partial charge on any atom is 0.247 e. The first kappa shape index (κ1) is 17.4. The number of aryl methyl sites for hydroxylation is 1. The molecule has 8 heteroatoms. The largest absolute Gasteiger partial charge is 0.345 e. The molecule has 27 heavy (non-hydrogen) atoms. The van der Waals surface area contributed by atoms with Crippen LogP contribution in [0.25, 0.3) is 6.08 Å². The van der Waals surface area contributed by atoms with Crippen molar-refractivity contribution in [2.24, 2.45) is 0 Å². The van der Waals surface area contributed by atoms with Gasteiger partial charge in [0.25, 0.3) is 0 Å². The number of carbonyl (C=O) groups excluding carboxylic acids is 1. The maximum atomic E-state index is 12.6. The van der Waals surface area contributed by atoms with E-state index >= 15 is 0 Å². The van der Waals surface area contributed by atoms with Gasteiger partial charge in [-0.2, -0.15) is 0 Å². The number of H-pyrrole nitrogens is 1. The van der Waals surface area contributed by atoms with Gasteiger partial charge < -0.3 is 15.2 Å². The van der Waals surface area contributed by atoms with E-state index in [2.05, 4.69) is 25.3 Å². The third kappa shape index (κ3) is 4.06. The molecule has 1 aliphatic heterocycles. The second-order valence-corrected chi connectivity index (χ2v) is 7.31. The Balaban J connectivity index is 1.45. The number of pyridine rings is 1. The van der Waals surface area contributed by atoms with Crippen LogP contribution in [0, 0.1) is 6.92 Å². The van der Waals surface area contributed by atoms with E-state index in [4.69, 9.17) is 0 Å². The molecule has 0 spiro atoms. The number of aromatic amines is 1. The Morgan fingerprint density at radius 1 is 1.41 bits per heavy atom. The minimum absolute atomic E-state index is 0.00481. The van der Waals surface area contributed by atoms with Gasteiger partial charge in [-0.1, -0.05) is 6.07 Å². The zero-order valence-electron chi connectivity index (χ0n) is 14.9. The molecule has 1 unspecified atom stereocenters. The van der Waals surface area contributed by atoms with Crippen LogP contribution < -0.4 is 5.32 Å². The standard InChI is InChI=1S/C19H20N6OS/c1-13-4-6-17(21-9-13)24-19-23-15(11-27-19)16-3-2-8-25(16)18(26)7-5-14-10-20-12-22-14/h4-7,9-12,16H,2-3,8H2,1H3,(H,20,22)(H,21,23,24). The van der Waals surface area contributed by atoms with Crippen LogP contribution in [-0.4, -0.2) is 37.3 Å². The first-order valence-corrected chi connectivity index (χ1v) is 9.69. The lowest BCUT2D eigenvalue weighted by atomic mass is 10.1. The highest BCUT2D eigenvalue weighted by atomic mass is 32.1. The van der Waals surface area contributed by atoms with Gasteiger partial charge in [-0.25, -0.2) is 15.0 Å². The zero-order valence-corrected chi connectivity index (χ0v) is 15.7. The van der Waals surface area contributed by atoms with Crippen LogP contribution in [-0.2, 0) is 4.79 Å². The fraction of sp³-hybridized carbons (Fsp3) is 0.263. The molecule has 1 amide bonds. The summed E-state index contributed by atoms with van der Waals surface area (Å²) in [6.45, 7) is 2.75. The Morgan fingerprint density at radius 2 is 2.33 bits per heavy atom. The molecule has 3 aromatic heterocycles. The molecular weight excluding hydrogens is 360 g/mol. The molecule has 1 fully saturated rings. The summed E-state index contributed by atoms with van der Waals surface area (Å²) in [5.41, 5.74) is 2.85. The molecule has 0 radical (unpaired) electrons. The van der Waals surface area contributed by atoms with Crippen molar-refractivity contribution in [3.8, 4) is 0 Å². The summed E-state index contributed by atoms with van der Waals surface area (Å²) in [5, 5.41) is 6.04. The first-order valence-electron chi connectivity index (χ1n) is 8.81. The summed E-state index contributed by atoms with van der Waals surface area (Å²) in [6, 6.07) is 3.96. The average Bonchev–Trinajstić information content (AvgIpc) is 3.43. The van der Waals surface area contributed by atoms with Crippen molar-refractivity contribution >= 4 is 34.3 Å². The van der Waals surface area contributed by atoms with Gasteiger partial charge in [0.1, 0.15) is 5.82 Å². The molecule has 0 bridgehead atoms. The second-order valence-electron chi connectivity index (χ2n) is 6.45. The molecule has 1 saturated heterocycles. The quantitative estimate of drug-likeness (QED) is 0.659. The van der Waals surface area contributed by atoms with Gasteiger partial charge in [-0.05, 0) is 37.5 Å². The Labute approximate surface area is 161 Å². The zero-order chi connectivity index (χ0) is 18.6. The molecule has 1 aliphatic rings. The number of hydrogen-bond donors (Lipinski definition) is 2. The summed E-state index contributed by atoms with van der Waals surface area (Å²) in [5.74, 6) is 0.762. The van der Waals surface area contributed by atoms with Crippen LogP contribution in [0.5, 0.6) is 0 Å². The van der Waals surface area contributed by atoms with Gasteiger partial charge >= 0.3 is 0 Å². The number of imidazole rings is 1. The number of nitrogens with zero attached hydrogens (tertiary/aromatic N) is 4. The minimum atomic E-state index is -0.00481. The van der Waals surface area contributed by atoms with Crippen molar-refractivity contribution in [3.63, 3.8) is 0 Å². The number of likely N-dealkylation sites (tertiary alicyclic amines) is 1. The molecule has 0 aromatic carbocycles. The average molecular weight is 380 g/mol. The normalized spacial score (nSPS) is 16.9. The highest BCUT2D eigenvalue weighted by Crippen LogP contribution is 2.34. The molecule has 0 aliphatic carbocycles. The topological polar surface area (TPSA) is 86.8 Å². The summed E-state index contributed by atoms with van der Waals surface area (Å²) in [7, 11) is 0. The number of amides is 1. The van der Waals surface area contributed by atoms with Crippen LogP contribution in [0.15, 0.2) is 42.3 Å². The smallest absolute Gasteiger partial charge is 0.247 e. The van der Waals surface area contributed by atoms with Crippen LogP contribution >= 0.6 is 11.3 Å². The van der Waals surface area contributed by atoms with Gasteiger partial charge in [-0.3, -0.25) is 4.79 Å². The van der Waals surface area contributed by atoms with Crippen molar-refractivity contribution < 1.29 is 4.79 Å². The molecule has 3 aromatic rings. The number of aromatic nitrogens is 4. The molecule has 4 rings (SSSR count). The van der Waals surface area contributed by atoms with E-state index in [1.165, 1.54) is 11.3 Å². The van der Waals surface area contributed by atoms with Crippen molar-refractivity contribution in [2.75, 3.05) is 11.9 Å². The summed E-state index contributed by atoms with van der Waals surface area (Å²) in [4.78, 5) is 30.4. The van der Waals surface area contributed by atoms with Gasteiger partial charge in [0.2, 0.25) is 5.91 Å². The van der Waals surface area contributed by atoms with Gasteiger partial charge in [0.05, 0.1) is 30.0 Å². The summed E-state index contributed by atoms with van der Waals surface area (Å²) in [6.07, 6.45) is 10.3. The molecule has 2 N–H and O–H groups in total. The first-order chi connectivity index (χ1) is 13.2. The second kappa shape index (κ2) is 7.71. The molecular formula is C19H20N6OS. The monoisotopic (exact) mass is 380 g/mol. The molecule has 4 heterocycles. The summed E-state index contributed by atoms with van der Waals surface area (Å²) >= 11 is 1.53. The Morgan fingerprint density at radius 3 is 3.11 bits per heavy atom. The van der Waals surface area contributed by atoms with E-state index in [0.29, 0.717) is 0 Å². The van der Waals surface area contributed by atoms with Crippen molar-refractivity contribution in [3.05, 3.63) is 59.3 Å². The Bertz CT molecular complexity index is 932. The van der Waals surface area contributed by atoms with E-state index in [9.17, 15) is 4.79 Å². The number of rotatable bonds is 5. The predicted octanol–water partition coefficient (Wildman–Crippen LogP) is 3.69. The highest BCUT2D eigenvalue weighted by molar-refractivity contribution is 7.13. The molecule has 7 nitrogen and oxygen atoms in total. The van der Waals surface area contributed by atoms with Crippen molar-refractivity contribution in [1.82, 2.24) is 24.8 Å². The lowest BCUT2D eigenvalue weighted by molar-refractivity contribution is -0.126. The third-order valence-corrected chi connectivity index (χ3v) is 5.25. The van der Waals surface area contributed by atoms with Crippen LogP contribution in [0.1, 0.15) is 35.8 Å². The van der Waals surface area contributed by atoms with E-state index in [1.54, 1.807) is 24.7 Å². The van der Waals surface area contributed by atoms with Crippen molar-refractivity contribution in [2.45, 2.75) is 25.8 Å². The van der Waals surface area contributed by atoms with Crippen LogP contribution in [0.2, 0.25) is 0 Å². The lowest BCUT2D eigenvalue weighted by Crippen LogP contribution is -2.29. The van der Waals surface area contributed by atoms with Gasteiger partial charge in [0.15, 0.2) is 5.13 Å². The van der Waals surface area contributed by atoms with Crippen LogP contribution in [0.4, 0.5) is 10.9 Å². The van der Waals surface area contributed by atoms with Crippen LogP contribution in [0.3, 0.4) is 0 Å². The maximum absolute atomic E-state index is 12.6. The van der Waals surface area contributed by atoms with E-state index in [1.807, 2.05) is 35.5 Å². The fourth-order valence-corrected chi connectivity index (χ4v) is 3.86. The van der Waals surface area contributed by atoms with E-state index in [-0.39, 0.29) is 11.9 Å². The molecule has 1 atom stereocenters. The number of nitrogens with one attached hydrogen (secondary N) is 2. The highest BCUT2D eigenvalue weighted by Gasteiger charge is 2.30. The van der Waals surface area contributed by atoms with Crippen molar-refractivity contribution in [1.29, 1.82) is 0 Å². The molecule has 0 saturated carbocycles. The summed E-state index contributed by atoms with van der Waals surface area (Å²) < 4.78 is 0. The predicted molar refractivity (Wildman–Crippen MR) is 106 cm³/mol.